The minimum absolute atomic E-state index is 0.0181. The molecule has 0 unspecified atom stereocenters. The molecule has 4 aromatic rings. The second kappa shape index (κ2) is 9.06. The van der Waals surface area contributed by atoms with Gasteiger partial charge in [0.1, 0.15) is 10.8 Å². The van der Waals surface area contributed by atoms with Crippen molar-refractivity contribution in [1.82, 2.24) is 15.1 Å². The Morgan fingerprint density at radius 2 is 2.16 bits per heavy atom. The first-order valence-corrected chi connectivity index (χ1v) is 10.9. The largest absolute Gasteiger partial charge is 0.361 e. The van der Waals surface area contributed by atoms with Crippen LogP contribution in [0.2, 0.25) is 0 Å². The number of benzene rings is 1. The molecule has 1 aromatic carbocycles. The number of thioether (sulfide) groups is 1. The molecule has 0 aliphatic heterocycles. The van der Waals surface area contributed by atoms with Crippen molar-refractivity contribution >= 4 is 39.8 Å². The lowest BCUT2D eigenvalue weighted by Crippen LogP contribution is -2.13. The van der Waals surface area contributed by atoms with E-state index in [1.165, 1.54) is 35.2 Å². The first-order chi connectivity index (χ1) is 15.0. The minimum Gasteiger partial charge on any atom is -0.361 e. The van der Waals surface area contributed by atoms with Crippen LogP contribution in [0.25, 0.3) is 11.3 Å². The smallest absolute Gasteiger partial charge is 0.270 e. The van der Waals surface area contributed by atoms with Crippen molar-refractivity contribution in [2.75, 3.05) is 5.32 Å². The predicted octanol–water partition coefficient (Wildman–Crippen LogP) is 4.95. The molecule has 0 aliphatic carbocycles. The molecule has 31 heavy (non-hydrogen) atoms. The SMILES string of the molecule is Cc1cc(CSc2ncccc2C(=O)Nc2nc(-c3cccc([N+](=O)[O-])c3)cs2)no1. The van der Waals surface area contributed by atoms with Crippen LogP contribution in [0.3, 0.4) is 0 Å². The van der Waals surface area contributed by atoms with Crippen molar-refractivity contribution < 1.29 is 14.2 Å². The van der Waals surface area contributed by atoms with E-state index < -0.39 is 4.92 Å². The zero-order valence-electron chi connectivity index (χ0n) is 16.1. The standard InChI is InChI=1S/C20H15N5O4S2/c1-12-8-14(24-29-12)10-30-19-16(6-3-7-21-19)18(26)23-20-22-17(11-31-20)13-4-2-5-15(9-13)25(27)28/h2-9,11H,10H2,1H3,(H,22,23,26). The molecule has 1 amide bonds. The van der Waals surface area contributed by atoms with Crippen LogP contribution in [-0.4, -0.2) is 26.0 Å². The van der Waals surface area contributed by atoms with Crippen molar-refractivity contribution in [2.45, 2.75) is 17.7 Å². The maximum absolute atomic E-state index is 12.8. The number of nitrogens with zero attached hydrogens (tertiary/aromatic N) is 4. The van der Waals surface area contributed by atoms with E-state index in [1.807, 2.05) is 13.0 Å². The van der Waals surface area contributed by atoms with Gasteiger partial charge in [0.25, 0.3) is 11.6 Å². The number of nitrogens with one attached hydrogen (secondary N) is 1. The summed E-state index contributed by atoms with van der Waals surface area (Å²) in [5, 5.41) is 20.4. The van der Waals surface area contributed by atoms with Gasteiger partial charge in [-0.3, -0.25) is 20.2 Å². The molecule has 3 aromatic heterocycles. The second-order valence-electron chi connectivity index (χ2n) is 6.37. The van der Waals surface area contributed by atoms with Crippen LogP contribution in [-0.2, 0) is 5.75 Å². The highest BCUT2D eigenvalue weighted by Crippen LogP contribution is 2.29. The summed E-state index contributed by atoms with van der Waals surface area (Å²) >= 11 is 2.62. The zero-order chi connectivity index (χ0) is 21.8. The van der Waals surface area contributed by atoms with Crippen LogP contribution in [0.15, 0.2) is 63.6 Å². The maximum atomic E-state index is 12.8. The van der Waals surface area contributed by atoms with Gasteiger partial charge in [-0.25, -0.2) is 9.97 Å². The third-order valence-corrected chi connectivity index (χ3v) is 5.92. The Bertz CT molecular complexity index is 1250. The Balaban J connectivity index is 1.48. The lowest BCUT2D eigenvalue weighted by molar-refractivity contribution is -0.384. The number of nitro benzene ring substituents is 1. The molecular weight excluding hydrogens is 438 g/mol. The van der Waals surface area contributed by atoms with E-state index in [1.54, 1.807) is 35.8 Å². The number of non-ortho nitro benzene ring substituents is 1. The molecule has 0 saturated carbocycles. The number of hydrogen-bond donors (Lipinski definition) is 1. The average molecular weight is 454 g/mol. The van der Waals surface area contributed by atoms with Crippen LogP contribution in [0, 0.1) is 17.0 Å². The van der Waals surface area contributed by atoms with Crippen LogP contribution in [0.5, 0.6) is 0 Å². The van der Waals surface area contributed by atoms with Gasteiger partial charge in [-0.05, 0) is 19.1 Å². The summed E-state index contributed by atoms with van der Waals surface area (Å²) in [7, 11) is 0. The molecule has 9 nitrogen and oxygen atoms in total. The van der Waals surface area contributed by atoms with E-state index in [4.69, 9.17) is 4.52 Å². The number of hydrogen-bond acceptors (Lipinski definition) is 9. The van der Waals surface area contributed by atoms with Crippen LogP contribution in [0.1, 0.15) is 21.8 Å². The number of anilines is 1. The van der Waals surface area contributed by atoms with Gasteiger partial charge in [0.2, 0.25) is 0 Å². The van der Waals surface area contributed by atoms with Crippen molar-refractivity contribution in [3.63, 3.8) is 0 Å². The summed E-state index contributed by atoms with van der Waals surface area (Å²) < 4.78 is 5.06. The number of pyridine rings is 1. The van der Waals surface area contributed by atoms with Crippen molar-refractivity contribution in [2.24, 2.45) is 0 Å². The van der Waals surface area contributed by atoms with E-state index in [9.17, 15) is 14.9 Å². The number of carbonyl (C=O) groups is 1. The Morgan fingerprint density at radius 1 is 1.29 bits per heavy atom. The Labute approximate surface area is 184 Å². The van der Waals surface area contributed by atoms with Crippen LogP contribution >= 0.6 is 23.1 Å². The Hall–Kier alpha value is -3.57. The third-order valence-electron chi connectivity index (χ3n) is 4.13. The van der Waals surface area contributed by atoms with Gasteiger partial charge in [0.15, 0.2) is 5.13 Å². The van der Waals surface area contributed by atoms with Gasteiger partial charge in [0, 0.05) is 41.1 Å². The molecule has 156 valence electrons. The highest BCUT2D eigenvalue weighted by molar-refractivity contribution is 7.98. The second-order valence-corrected chi connectivity index (χ2v) is 8.20. The number of amides is 1. The average Bonchev–Trinajstić information content (AvgIpc) is 3.41. The first-order valence-electron chi connectivity index (χ1n) is 9.01. The van der Waals surface area contributed by atoms with E-state index in [2.05, 4.69) is 20.4 Å². The zero-order valence-corrected chi connectivity index (χ0v) is 17.8. The monoisotopic (exact) mass is 453 g/mol. The Kier molecular flexibility index (Phi) is 6.05. The van der Waals surface area contributed by atoms with Crippen LogP contribution < -0.4 is 5.32 Å². The van der Waals surface area contributed by atoms with E-state index >= 15 is 0 Å². The van der Waals surface area contributed by atoms with E-state index in [0.29, 0.717) is 32.7 Å². The summed E-state index contributed by atoms with van der Waals surface area (Å²) in [6, 6.07) is 11.4. The fraction of sp³-hybridized carbons (Fsp3) is 0.100. The predicted molar refractivity (Wildman–Crippen MR) is 117 cm³/mol. The summed E-state index contributed by atoms with van der Waals surface area (Å²) in [4.78, 5) is 32.0. The highest BCUT2D eigenvalue weighted by Gasteiger charge is 2.16. The molecule has 11 heteroatoms. The molecule has 0 spiro atoms. The first kappa shape index (κ1) is 20.7. The van der Waals surface area contributed by atoms with E-state index in [0.717, 1.165) is 11.5 Å². The topological polar surface area (TPSA) is 124 Å². The number of nitro groups is 1. The third kappa shape index (κ3) is 4.95. The molecule has 1 N–H and O–H groups in total. The number of aromatic nitrogens is 3. The van der Waals surface area contributed by atoms with Crippen molar-refractivity contribution in [1.29, 1.82) is 0 Å². The maximum Gasteiger partial charge on any atom is 0.270 e. The van der Waals surface area contributed by atoms with Gasteiger partial charge in [-0.2, -0.15) is 0 Å². The fourth-order valence-electron chi connectivity index (χ4n) is 2.71. The molecule has 4 rings (SSSR count). The summed E-state index contributed by atoms with van der Waals surface area (Å²) in [5.74, 6) is 0.896. The highest BCUT2D eigenvalue weighted by atomic mass is 32.2. The number of thiazole rings is 1. The lowest BCUT2D eigenvalue weighted by Gasteiger charge is -2.06. The molecule has 0 radical (unpaired) electrons. The molecule has 0 fully saturated rings. The number of carbonyl (C=O) groups excluding carboxylic acids is 1. The molecule has 0 saturated heterocycles. The van der Waals surface area contributed by atoms with Gasteiger partial charge >= 0.3 is 0 Å². The van der Waals surface area contributed by atoms with Crippen LogP contribution in [0.4, 0.5) is 10.8 Å². The normalized spacial score (nSPS) is 10.7. The molecule has 0 aliphatic rings. The molecule has 0 atom stereocenters. The lowest BCUT2D eigenvalue weighted by atomic mass is 10.1. The summed E-state index contributed by atoms with van der Waals surface area (Å²) in [6.45, 7) is 1.82. The Morgan fingerprint density at radius 3 is 2.94 bits per heavy atom. The van der Waals surface area contributed by atoms with Crippen molar-refractivity contribution in [3.05, 3.63) is 81.2 Å². The van der Waals surface area contributed by atoms with Gasteiger partial charge < -0.3 is 4.52 Å². The van der Waals surface area contributed by atoms with Crippen molar-refractivity contribution in [3.8, 4) is 11.3 Å². The van der Waals surface area contributed by atoms with Gasteiger partial charge in [-0.1, -0.05) is 29.1 Å². The minimum atomic E-state index is -0.458. The van der Waals surface area contributed by atoms with Gasteiger partial charge in [-0.15, -0.1) is 11.3 Å². The quantitative estimate of drug-likeness (QED) is 0.237. The summed E-state index contributed by atoms with van der Waals surface area (Å²) in [5.41, 5.74) is 2.31. The molecular formula is C20H15N5O4S2. The van der Waals surface area contributed by atoms with Gasteiger partial charge in [0.05, 0.1) is 21.9 Å². The number of rotatable bonds is 7. The fourth-order valence-corrected chi connectivity index (χ4v) is 4.30. The number of aryl methyl sites for hydroxylation is 1. The summed E-state index contributed by atoms with van der Waals surface area (Å²) in [6.07, 6.45) is 1.62. The molecule has 0 bridgehead atoms. The molecule has 3 heterocycles. The van der Waals surface area contributed by atoms with E-state index in [-0.39, 0.29) is 11.6 Å².